The van der Waals surface area contributed by atoms with Gasteiger partial charge in [0.05, 0.1) is 6.04 Å². The Kier molecular flexibility index (Phi) is 7.17. The van der Waals surface area contributed by atoms with Crippen molar-refractivity contribution in [2.45, 2.75) is 38.6 Å². The SMILES string of the molecule is C[C@H](c1ccccc1)N(CCC(=O)Nc1nnc(-c2ccc(Cl)cc2)s1)C(=O)C1CCC1. The van der Waals surface area contributed by atoms with Gasteiger partial charge in [-0.05, 0) is 37.5 Å². The first kappa shape index (κ1) is 22.4. The maximum Gasteiger partial charge on any atom is 0.227 e. The number of hydrogen-bond donors (Lipinski definition) is 1. The van der Waals surface area contributed by atoms with E-state index in [1.54, 1.807) is 12.1 Å². The second-order valence-corrected chi connectivity index (χ2v) is 9.38. The first-order valence-electron chi connectivity index (χ1n) is 10.8. The molecule has 1 aliphatic rings. The summed E-state index contributed by atoms with van der Waals surface area (Å²) in [4.78, 5) is 27.5. The van der Waals surface area contributed by atoms with Gasteiger partial charge in [-0.15, -0.1) is 10.2 Å². The molecule has 1 saturated carbocycles. The lowest BCUT2D eigenvalue weighted by molar-refractivity contribution is -0.140. The van der Waals surface area contributed by atoms with Gasteiger partial charge in [-0.25, -0.2) is 0 Å². The molecule has 1 heterocycles. The van der Waals surface area contributed by atoms with Crippen LogP contribution in [-0.2, 0) is 9.59 Å². The van der Waals surface area contributed by atoms with E-state index in [9.17, 15) is 9.59 Å². The summed E-state index contributed by atoms with van der Waals surface area (Å²) in [6.07, 6.45) is 3.16. The first-order chi connectivity index (χ1) is 15.5. The van der Waals surface area contributed by atoms with E-state index in [4.69, 9.17) is 11.6 Å². The first-order valence-corrected chi connectivity index (χ1v) is 12.0. The Bertz CT molecular complexity index is 1070. The zero-order chi connectivity index (χ0) is 22.5. The van der Waals surface area contributed by atoms with Gasteiger partial charge < -0.3 is 10.2 Å². The summed E-state index contributed by atoms with van der Waals surface area (Å²) in [5.74, 6) is 0.0335. The molecule has 0 radical (unpaired) electrons. The van der Waals surface area contributed by atoms with Crippen molar-refractivity contribution in [3.63, 3.8) is 0 Å². The highest BCUT2D eigenvalue weighted by molar-refractivity contribution is 7.18. The second kappa shape index (κ2) is 10.2. The molecule has 8 heteroatoms. The lowest BCUT2D eigenvalue weighted by atomic mass is 9.84. The summed E-state index contributed by atoms with van der Waals surface area (Å²) in [6.45, 7) is 2.38. The molecular formula is C24H25ClN4O2S. The molecule has 1 aromatic heterocycles. The number of benzene rings is 2. The van der Waals surface area contributed by atoms with Gasteiger partial charge in [-0.2, -0.15) is 0 Å². The highest BCUT2D eigenvalue weighted by Crippen LogP contribution is 2.32. The van der Waals surface area contributed by atoms with Crippen molar-refractivity contribution in [3.05, 3.63) is 65.2 Å². The van der Waals surface area contributed by atoms with E-state index in [2.05, 4.69) is 15.5 Å². The highest BCUT2D eigenvalue weighted by atomic mass is 35.5. The van der Waals surface area contributed by atoms with Crippen LogP contribution < -0.4 is 5.32 Å². The Balaban J connectivity index is 1.39. The van der Waals surface area contributed by atoms with E-state index < -0.39 is 0 Å². The summed E-state index contributed by atoms with van der Waals surface area (Å²) < 4.78 is 0. The Hall–Kier alpha value is -2.77. The molecule has 1 atom stereocenters. The molecule has 32 heavy (non-hydrogen) atoms. The third-order valence-corrected chi connectivity index (χ3v) is 6.97. The fourth-order valence-electron chi connectivity index (χ4n) is 3.68. The Morgan fingerprint density at radius 3 is 2.50 bits per heavy atom. The maximum atomic E-state index is 13.1. The van der Waals surface area contributed by atoms with Crippen LogP contribution in [0.5, 0.6) is 0 Å². The fourth-order valence-corrected chi connectivity index (χ4v) is 4.57. The number of amides is 2. The number of carbonyl (C=O) groups excluding carboxylic acids is 2. The van der Waals surface area contributed by atoms with Crippen molar-refractivity contribution in [2.24, 2.45) is 5.92 Å². The van der Waals surface area contributed by atoms with E-state index in [0.29, 0.717) is 21.7 Å². The van der Waals surface area contributed by atoms with Gasteiger partial charge in [-0.1, -0.05) is 71.8 Å². The number of hydrogen-bond acceptors (Lipinski definition) is 5. The zero-order valence-electron chi connectivity index (χ0n) is 17.8. The van der Waals surface area contributed by atoms with Crippen molar-refractivity contribution in [1.29, 1.82) is 0 Å². The molecule has 4 rings (SSSR count). The van der Waals surface area contributed by atoms with Crippen molar-refractivity contribution in [2.75, 3.05) is 11.9 Å². The maximum absolute atomic E-state index is 13.1. The molecular weight excluding hydrogens is 444 g/mol. The molecule has 166 valence electrons. The lowest BCUT2D eigenvalue weighted by Crippen LogP contribution is -2.41. The van der Waals surface area contributed by atoms with Gasteiger partial charge in [0, 0.05) is 29.5 Å². The minimum Gasteiger partial charge on any atom is -0.335 e. The van der Waals surface area contributed by atoms with Crippen LogP contribution in [0.3, 0.4) is 0 Å². The molecule has 1 aliphatic carbocycles. The number of nitrogens with one attached hydrogen (secondary N) is 1. The van der Waals surface area contributed by atoms with Crippen molar-refractivity contribution in [3.8, 4) is 10.6 Å². The minimum absolute atomic E-state index is 0.0781. The van der Waals surface area contributed by atoms with E-state index in [-0.39, 0.29) is 30.2 Å². The molecule has 1 fully saturated rings. The molecule has 0 bridgehead atoms. The number of aromatic nitrogens is 2. The number of anilines is 1. The van der Waals surface area contributed by atoms with Crippen LogP contribution in [-0.4, -0.2) is 33.5 Å². The molecule has 6 nitrogen and oxygen atoms in total. The van der Waals surface area contributed by atoms with Gasteiger partial charge in [0.2, 0.25) is 16.9 Å². The summed E-state index contributed by atoms with van der Waals surface area (Å²) >= 11 is 7.24. The van der Waals surface area contributed by atoms with Crippen molar-refractivity contribution in [1.82, 2.24) is 15.1 Å². The minimum atomic E-state index is -0.185. The number of carbonyl (C=O) groups is 2. The van der Waals surface area contributed by atoms with Crippen LogP contribution in [0, 0.1) is 5.92 Å². The summed E-state index contributed by atoms with van der Waals surface area (Å²) in [7, 11) is 0. The average Bonchev–Trinajstić information content (AvgIpc) is 3.22. The van der Waals surface area contributed by atoms with Crippen LogP contribution in [0.25, 0.3) is 10.6 Å². The predicted molar refractivity (Wildman–Crippen MR) is 128 cm³/mol. The van der Waals surface area contributed by atoms with Gasteiger partial charge in [-0.3, -0.25) is 9.59 Å². The van der Waals surface area contributed by atoms with Crippen LogP contribution in [0.2, 0.25) is 5.02 Å². The Labute approximate surface area is 196 Å². The Morgan fingerprint density at radius 1 is 1.12 bits per heavy atom. The standard InChI is InChI=1S/C24H25ClN4O2S/c1-16(17-6-3-2-4-7-17)29(23(31)19-8-5-9-19)15-14-21(30)26-24-28-27-22(32-24)18-10-12-20(25)13-11-18/h2-4,6-7,10-13,16,19H,5,8-9,14-15H2,1H3,(H,26,28,30)/t16-/m1/s1. The highest BCUT2D eigenvalue weighted by Gasteiger charge is 2.32. The molecule has 0 aliphatic heterocycles. The summed E-state index contributed by atoms with van der Waals surface area (Å²) in [5, 5.41) is 12.8. The average molecular weight is 469 g/mol. The molecule has 1 N–H and O–H groups in total. The zero-order valence-corrected chi connectivity index (χ0v) is 19.4. The number of nitrogens with zero attached hydrogens (tertiary/aromatic N) is 3. The molecule has 0 spiro atoms. The number of halogens is 1. The molecule has 3 aromatic rings. The third-order valence-electron chi connectivity index (χ3n) is 5.83. The van der Waals surface area contributed by atoms with E-state index in [1.165, 1.54) is 11.3 Å². The molecule has 0 unspecified atom stereocenters. The monoisotopic (exact) mass is 468 g/mol. The molecule has 2 amide bonds. The van der Waals surface area contributed by atoms with E-state index in [1.807, 2.05) is 54.3 Å². The predicted octanol–water partition coefficient (Wildman–Crippen LogP) is 5.58. The lowest BCUT2D eigenvalue weighted by Gasteiger charge is -2.35. The summed E-state index contributed by atoms with van der Waals surface area (Å²) in [5.41, 5.74) is 1.96. The molecule has 2 aromatic carbocycles. The van der Waals surface area contributed by atoms with Gasteiger partial charge in [0.25, 0.3) is 0 Å². The van der Waals surface area contributed by atoms with Gasteiger partial charge >= 0.3 is 0 Å². The normalized spacial score (nSPS) is 14.4. The fraction of sp³-hybridized carbons (Fsp3) is 0.333. The van der Waals surface area contributed by atoms with Gasteiger partial charge in [0.1, 0.15) is 5.01 Å². The van der Waals surface area contributed by atoms with E-state index >= 15 is 0 Å². The third kappa shape index (κ3) is 5.34. The van der Waals surface area contributed by atoms with Crippen molar-refractivity contribution < 1.29 is 9.59 Å². The van der Waals surface area contributed by atoms with E-state index in [0.717, 1.165) is 30.4 Å². The smallest absolute Gasteiger partial charge is 0.227 e. The van der Waals surface area contributed by atoms with Crippen molar-refractivity contribution >= 4 is 39.9 Å². The van der Waals surface area contributed by atoms with Crippen LogP contribution in [0.1, 0.15) is 44.2 Å². The summed E-state index contributed by atoms with van der Waals surface area (Å²) in [6, 6.07) is 17.2. The number of rotatable bonds is 8. The largest absolute Gasteiger partial charge is 0.335 e. The second-order valence-electron chi connectivity index (χ2n) is 7.96. The van der Waals surface area contributed by atoms with Crippen LogP contribution in [0.15, 0.2) is 54.6 Å². The van der Waals surface area contributed by atoms with Crippen LogP contribution >= 0.6 is 22.9 Å². The Morgan fingerprint density at radius 2 is 1.84 bits per heavy atom. The quantitative estimate of drug-likeness (QED) is 0.468. The molecule has 0 saturated heterocycles. The van der Waals surface area contributed by atoms with Crippen LogP contribution in [0.4, 0.5) is 5.13 Å². The van der Waals surface area contributed by atoms with Gasteiger partial charge in [0.15, 0.2) is 0 Å². The topological polar surface area (TPSA) is 75.2 Å².